The number of hydrogen-bond donors (Lipinski definition) is 1. The molecule has 0 bridgehead atoms. The van der Waals surface area contributed by atoms with Crippen LogP contribution in [0.25, 0.3) is 22.4 Å². The average Bonchev–Trinajstić information content (AvgIpc) is 2.80. The summed E-state index contributed by atoms with van der Waals surface area (Å²) in [5.74, 6) is 2.65. The number of furan rings is 1. The van der Waals surface area contributed by atoms with Crippen LogP contribution in [-0.4, -0.2) is 9.97 Å². The van der Waals surface area contributed by atoms with Gasteiger partial charge in [0, 0.05) is 10.6 Å². The minimum Gasteiger partial charge on any atom is -0.466 e. The molecule has 0 radical (unpaired) electrons. The summed E-state index contributed by atoms with van der Waals surface area (Å²) in [7, 11) is 0. The first-order chi connectivity index (χ1) is 8.56. The third-order valence-electron chi connectivity index (χ3n) is 3.24. The first kappa shape index (κ1) is 11.4. The van der Waals surface area contributed by atoms with Crippen molar-refractivity contribution >= 4 is 22.6 Å². The van der Waals surface area contributed by atoms with Gasteiger partial charge >= 0.3 is 0 Å². The van der Waals surface area contributed by atoms with Crippen molar-refractivity contribution in [2.24, 2.45) is 0 Å². The molecule has 4 heteroatoms. The van der Waals surface area contributed by atoms with Crippen molar-refractivity contribution in [3.8, 4) is 11.4 Å². The van der Waals surface area contributed by atoms with E-state index in [1.165, 1.54) is 0 Å². The van der Waals surface area contributed by atoms with Crippen LogP contribution in [0.4, 0.5) is 0 Å². The molecular weight excluding hydrogens is 248 g/mol. The van der Waals surface area contributed by atoms with Crippen LogP contribution >= 0.6 is 11.6 Å². The Bertz CT molecular complexity index is 740. The zero-order valence-electron chi connectivity index (χ0n) is 10.5. The number of rotatable bonds is 1. The number of nitrogens with zero attached hydrogens (tertiary/aromatic N) is 1. The number of hydrogen-bond acceptors (Lipinski definition) is 2. The van der Waals surface area contributed by atoms with E-state index in [1.54, 1.807) is 0 Å². The Hall–Kier alpha value is -1.74. The summed E-state index contributed by atoms with van der Waals surface area (Å²) in [5.41, 5.74) is 4.01. The molecule has 3 rings (SSSR count). The Labute approximate surface area is 110 Å². The quantitative estimate of drug-likeness (QED) is 0.704. The van der Waals surface area contributed by atoms with Crippen LogP contribution in [0.5, 0.6) is 0 Å². The molecule has 18 heavy (non-hydrogen) atoms. The number of fused-ring (bicyclic) bond motifs is 1. The summed E-state index contributed by atoms with van der Waals surface area (Å²) in [6.07, 6.45) is 0. The Balaban J connectivity index is 2.25. The van der Waals surface area contributed by atoms with Gasteiger partial charge in [0.2, 0.25) is 0 Å². The van der Waals surface area contributed by atoms with Crippen molar-refractivity contribution in [1.29, 1.82) is 0 Å². The van der Waals surface area contributed by atoms with Crippen molar-refractivity contribution in [3.63, 3.8) is 0 Å². The predicted octanol–water partition coefficient (Wildman–Crippen LogP) is 4.40. The summed E-state index contributed by atoms with van der Waals surface area (Å²) >= 11 is 5.97. The molecule has 0 saturated heterocycles. The van der Waals surface area contributed by atoms with E-state index >= 15 is 0 Å². The van der Waals surface area contributed by atoms with Crippen LogP contribution < -0.4 is 0 Å². The maximum Gasteiger partial charge on any atom is 0.142 e. The van der Waals surface area contributed by atoms with Gasteiger partial charge in [-0.15, -0.1) is 0 Å². The SMILES string of the molecule is Cc1oc(C)c(-c2nc3ccc(Cl)cc3[nH]2)c1C. The van der Waals surface area contributed by atoms with E-state index in [-0.39, 0.29) is 0 Å². The van der Waals surface area contributed by atoms with Crippen LogP contribution in [0.2, 0.25) is 5.02 Å². The molecule has 1 N–H and O–H groups in total. The molecule has 0 aliphatic heterocycles. The monoisotopic (exact) mass is 260 g/mol. The van der Waals surface area contributed by atoms with Gasteiger partial charge in [0.05, 0.1) is 16.6 Å². The van der Waals surface area contributed by atoms with Gasteiger partial charge in [-0.2, -0.15) is 0 Å². The van der Waals surface area contributed by atoms with E-state index in [2.05, 4.69) is 9.97 Å². The highest BCUT2D eigenvalue weighted by Gasteiger charge is 2.16. The van der Waals surface area contributed by atoms with Gasteiger partial charge in [0.15, 0.2) is 0 Å². The zero-order chi connectivity index (χ0) is 12.9. The molecule has 0 atom stereocenters. The molecule has 0 saturated carbocycles. The highest BCUT2D eigenvalue weighted by atomic mass is 35.5. The molecule has 2 aromatic heterocycles. The summed E-state index contributed by atoms with van der Waals surface area (Å²) in [5, 5.41) is 0.703. The lowest BCUT2D eigenvalue weighted by atomic mass is 10.1. The lowest BCUT2D eigenvalue weighted by Gasteiger charge is -1.95. The first-order valence-corrected chi connectivity index (χ1v) is 6.16. The predicted molar refractivity (Wildman–Crippen MR) is 73.0 cm³/mol. The van der Waals surface area contributed by atoms with Gasteiger partial charge in [-0.1, -0.05) is 11.6 Å². The highest BCUT2D eigenvalue weighted by molar-refractivity contribution is 6.31. The van der Waals surface area contributed by atoms with E-state index in [0.717, 1.165) is 39.5 Å². The van der Waals surface area contributed by atoms with Crippen LogP contribution in [0, 0.1) is 20.8 Å². The van der Waals surface area contributed by atoms with Crippen LogP contribution in [0.3, 0.4) is 0 Å². The second kappa shape index (κ2) is 3.89. The van der Waals surface area contributed by atoms with E-state index in [1.807, 2.05) is 39.0 Å². The van der Waals surface area contributed by atoms with Crippen LogP contribution in [0.15, 0.2) is 22.6 Å². The van der Waals surface area contributed by atoms with Gasteiger partial charge in [0.1, 0.15) is 17.3 Å². The maximum absolute atomic E-state index is 5.97. The lowest BCUT2D eigenvalue weighted by molar-refractivity contribution is 0.503. The van der Waals surface area contributed by atoms with E-state index in [0.29, 0.717) is 5.02 Å². The second-order valence-electron chi connectivity index (χ2n) is 4.46. The molecule has 0 amide bonds. The normalized spacial score (nSPS) is 11.3. The number of imidazole rings is 1. The van der Waals surface area contributed by atoms with Crippen molar-refractivity contribution in [3.05, 3.63) is 40.3 Å². The summed E-state index contributed by atoms with van der Waals surface area (Å²) in [4.78, 5) is 7.88. The fourth-order valence-corrected chi connectivity index (χ4v) is 2.41. The van der Waals surface area contributed by atoms with Crippen LogP contribution in [0.1, 0.15) is 17.1 Å². The fraction of sp³-hybridized carbons (Fsp3) is 0.214. The van der Waals surface area contributed by atoms with Gasteiger partial charge < -0.3 is 9.40 Å². The van der Waals surface area contributed by atoms with Crippen molar-refractivity contribution < 1.29 is 4.42 Å². The van der Waals surface area contributed by atoms with E-state index < -0.39 is 0 Å². The standard InChI is InChI=1S/C14H13ClN2O/c1-7-8(2)18-9(3)13(7)14-16-11-5-4-10(15)6-12(11)17-14/h4-6H,1-3H3,(H,16,17). The number of H-pyrrole nitrogens is 1. The van der Waals surface area contributed by atoms with Crippen LogP contribution in [-0.2, 0) is 0 Å². The smallest absolute Gasteiger partial charge is 0.142 e. The number of aromatic nitrogens is 2. The largest absolute Gasteiger partial charge is 0.466 e. The van der Waals surface area contributed by atoms with E-state index in [9.17, 15) is 0 Å². The lowest BCUT2D eigenvalue weighted by Crippen LogP contribution is -1.83. The molecule has 92 valence electrons. The third-order valence-corrected chi connectivity index (χ3v) is 3.48. The highest BCUT2D eigenvalue weighted by Crippen LogP contribution is 2.31. The Morgan fingerprint density at radius 1 is 1.17 bits per heavy atom. The van der Waals surface area contributed by atoms with Gasteiger partial charge in [-0.25, -0.2) is 4.98 Å². The fourth-order valence-electron chi connectivity index (χ4n) is 2.24. The first-order valence-electron chi connectivity index (χ1n) is 5.78. The Kier molecular flexibility index (Phi) is 2.45. The van der Waals surface area contributed by atoms with Gasteiger partial charge in [-0.3, -0.25) is 0 Å². The molecule has 3 nitrogen and oxygen atoms in total. The summed E-state index contributed by atoms with van der Waals surface area (Å²) in [6.45, 7) is 5.96. The van der Waals surface area contributed by atoms with Gasteiger partial charge in [-0.05, 0) is 39.0 Å². The van der Waals surface area contributed by atoms with Crippen molar-refractivity contribution in [1.82, 2.24) is 9.97 Å². The molecule has 0 aliphatic rings. The average molecular weight is 261 g/mol. The molecule has 0 unspecified atom stereocenters. The van der Waals surface area contributed by atoms with Crippen molar-refractivity contribution in [2.45, 2.75) is 20.8 Å². The van der Waals surface area contributed by atoms with Gasteiger partial charge in [0.25, 0.3) is 0 Å². The number of halogens is 1. The molecule has 0 fully saturated rings. The summed E-state index contributed by atoms with van der Waals surface area (Å²) < 4.78 is 5.63. The Morgan fingerprint density at radius 2 is 1.94 bits per heavy atom. The third kappa shape index (κ3) is 1.63. The second-order valence-corrected chi connectivity index (χ2v) is 4.90. The molecule has 2 heterocycles. The number of nitrogens with one attached hydrogen (secondary N) is 1. The number of aromatic amines is 1. The number of aryl methyl sites for hydroxylation is 2. The minimum absolute atomic E-state index is 0.703. The molecular formula is C14H13ClN2O. The summed E-state index contributed by atoms with van der Waals surface area (Å²) in [6, 6.07) is 5.63. The molecule has 0 aliphatic carbocycles. The Morgan fingerprint density at radius 3 is 2.61 bits per heavy atom. The molecule has 0 spiro atoms. The minimum atomic E-state index is 0.703. The topological polar surface area (TPSA) is 41.8 Å². The molecule has 1 aromatic carbocycles. The van der Waals surface area contributed by atoms with E-state index in [4.69, 9.17) is 16.0 Å². The zero-order valence-corrected chi connectivity index (χ0v) is 11.2. The molecule has 3 aromatic rings. The maximum atomic E-state index is 5.97. The number of benzene rings is 1. The van der Waals surface area contributed by atoms with Crippen molar-refractivity contribution in [2.75, 3.05) is 0 Å².